The summed E-state index contributed by atoms with van der Waals surface area (Å²) in [5.74, 6) is 2.59. The van der Waals surface area contributed by atoms with E-state index < -0.39 is 0 Å². The summed E-state index contributed by atoms with van der Waals surface area (Å²) in [6, 6.07) is 3.98. The van der Waals surface area contributed by atoms with Crippen LogP contribution in [0, 0.1) is 6.92 Å². The molecule has 1 aromatic carbocycles. The first kappa shape index (κ1) is 16.1. The first-order valence-electron chi connectivity index (χ1n) is 6.61. The number of ketones is 1. The number of thioether (sulfide) groups is 1. The number of benzene rings is 1. The van der Waals surface area contributed by atoms with E-state index in [4.69, 9.17) is 4.74 Å². The summed E-state index contributed by atoms with van der Waals surface area (Å²) in [5.41, 5.74) is 2.87. The van der Waals surface area contributed by atoms with Gasteiger partial charge in [-0.1, -0.05) is 27.7 Å². The molecule has 1 rings (SSSR count). The smallest absolute Gasteiger partial charge is 0.172 e. The second kappa shape index (κ2) is 6.47. The Morgan fingerprint density at radius 2 is 1.95 bits per heavy atom. The summed E-state index contributed by atoms with van der Waals surface area (Å²) in [4.78, 5) is 12.2. The van der Waals surface area contributed by atoms with Crippen LogP contribution in [0.5, 0.6) is 5.75 Å². The molecule has 0 bridgehead atoms. The van der Waals surface area contributed by atoms with Gasteiger partial charge in [0.25, 0.3) is 0 Å². The largest absolute Gasteiger partial charge is 0.496 e. The van der Waals surface area contributed by atoms with Crippen molar-refractivity contribution in [3.63, 3.8) is 0 Å². The molecule has 0 fully saturated rings. The Hall–Kier alpha value is -0.960. The third-order valence-electron chi connectivity index (χ3n) is 3.09. The van der Waals surface area contributed by atoms with Gasteiger partial charge in [-0.3, -0.25) is 4.79 Å². The average Bonchev–Trinajstić information content (AvgIpc) is 2.33. The van der Waals surface area contributed by atoms with E-state index in [-0.39, 0.29) is 11.2 Å². The number of rotatable bonds is 5. The monoisotopic (exact) mass is 280 g/mol. The topological polar surface area (TPSA) is 26.3 Å². The quantitative estimate of drug-likeness (QED) is 0.755. The van der Waals surface area contributed by atoms with Gasteiger partial charge >= 0.3 is 0 Å². The Balaban J connectivity index is 3.24. The van der Waals surface area contributed by atoms with E-state index in [9.17, 15) is 4.79 Å². The SMILES string of the molecule is CCSCC(=O)c1cc(C(C)(C)C)c(OC)cc1C. The van der Waals surface area contributed by atoms with Gasteiger partial charge in [0, 0.05) is 11.1 Å². The van der Waals surface area contributed by atoms with Gasteiger partial charge in [-0.25, -0.2) is 0 Å². The number of Topliss-reactive ketones (excluding diaryl/α,β-unsaturated/α-hetero) is 1. The number of ether oxygens (including phenoxy) is 1. The summed E-state index contributed by atoms with van der Waals surface area (Å²) in [6.07, 6.45) is 0. The molecule has 0 spiro atoms. The predicted molar refractivity (Wildman–Crippen MR) is 83.8 cm³/mol. The van der Waals surface area contributed by atoms with Crippen molar-refractivity contribution in [3.8, 4) is 5.75 Å². The van der Waals surface area contributed by atoms with E-state index in [1.54, 1.807) is 18.9 Å². The third kappa shape index (κ3) is 4.00. The predicted octanol–water partition coefficient (Wildman–Crippen LogP) is 4.24. The van der Waals surface area contributed by atoms with Crippen LogP contribution in [0.2, 0.25) is 0 Å². The van der Waals surface area contributed by atoms with Crippen molar-refractivity contribution >= 4 is 17.5 Å². The third-order valence-corrected chi connectivity index (χ3v) is 3.97. The van der Waals surface area contributed by atoms with Crippen molar-refractivity contribution in [3.05, 3.63) is 28.8 Å². The molecule has 0 atom stereocenters. The molecule has 2 nitrogen and oxygen atoms in total. The fourth-order valence-electron chi connectivity index (χ4n) is 2.01. The Morgan fingerprint density at radius 3 is 2.42 bits per heavy atom. The summed E-state index contributed by atoms with van der Waals surface area (Å²) in [6.45, 7) is 10.4. The van der Waals surface area contributed by atoms with Gasteiger partial charge in [0.05, 0.1) is 12.9 Å². The van der Waals surface area contributed by atoms with Crippen LogP contribution in [0.4, 0.5) is 0 Å². The highest BCUT2D eigenvalue weighted by Crippen LogP contribution is 2.34. The normalized spacial score (nSPS) is 11.5. The number of methoxy groups -OCH3 is 1. The molecule has 1 aromatic rings. The lowest BCUT2D eigenvalue weighted by Gasteiger charge is -2.23. The van der Waals surface area contributed by atoms with E-state index in [2.05, 4.69) is 27.7 Å². The fraction of sp³-hybridized carbons (Fsp3) is 0.562. The van der Waals surface area contributed by atoms with Crippen LogP contribution in [-0.2, 0) is 5.41 Å². The zero-order valence-electron chi connectivity index (χ0n) is 12.8. The molecule has 0 unspecified atom stereocenters. The second-order valence-corrected chi connectivity index (χ2v) is 6.95. The molecular formula is C16H24O2S. The summed E-state index contributed by atoms with van der Waals surface area (Å²) < 4.78 is 5.45. The maximum Gasteiger partial charge on any atom is 0.172 e. The lowest BCUT2D eigenvalue weighted by molar-refractivity contribution is 0.102. The van der Waals surface area contributed by atoms with E-state index in [0.29, 0.717) is 5.75 Å². The number of hydrogen-bond donors (Lipinski definition) is 0. The maximum atomic E-state index is 12.2. The van der Waals surface area contributed by atoms with Crippen LogP contribution in [-0.4, -0.2) is 24.4 Å². The first-order valence-corrected chi connectivity index (χ1v) is 7.76. The van der Waals surface area contributed by atoms with E-state index >= 15 is 0 Å². The molecule has 106 valence electrons. The Kier molecular flexibility index (Phi) is 5.48. The van der Waals surface area contributed by atoms with E-state index in [0.717, 1.165) is 28.2 Å². The average molecular weight is 280 g/mol. The molecule has 0 heterocycles. The van der Waals surface area contributed by atoms with Gasteiger partial charge in [-0.15, -0.1) is 0 Å². The van der Waals surface area contributed by atoms with Crippen molar-refractivity contribution in [2.75, 3.05) is 18.6 Å². The van der Waals surface area contributed by atoms with Gasteiger partial charge in [-0.2, -0.15) is 11.8 Å². The molecule has 0 saturated carbocycles. The molecule has 19 heavy (non-hydrogen) atoms. The van der Waals surface area contributed by atoms with Crippen molar-refractivity contribution in [1.29, 1.82) is 0 Å². The molecule has 0 radical (unpaired) electrons. The number of carbonyl (C=O) groups excluding carboxylic acids is 1. The molecular weight excluding hydrogens is 256 g/mol. The molecule has 0 aromatic heterocycles. The van der Waals surface area contributed by atoms with Gasteiger partial charge in [0.15, 0.2) is 5.78 Å². The van der Waals surface area contributed by atoms with Crippen molar-refractivity contribution in [2.45, 2.75) is 40.0 Å². The van der Waals surface area contributed by atoms with Crippen LogP contribution in [0.25, 0.3) is 0 Å². The fourth-order valence-corrected chi connectivity index (χ4v) is 2.55. The standard InChI is InChI=1S/C16H24O2S/c1-7-19-10-14(17)12-9-13(16(3,4)5)15(18-6)8-11(12)2/h8-9H,7,10H2,1-6H3. The van der Waals surface area contributed by atoms with E-state index in [1.165, 1.54) is 0 Å². The summed E-state index contributed by atoms with van der Waals surface area (Å²) in [7, 11) is 1.68. The number of aryl methyl sites for hydroxylation is 1. The maximum absolute atomic E-state index is 12.2. The zero-order chi connectivity index (χ0) is 14.6. The van der Waals surface area contributed by atoms with Crippen molar-refractivity contribution in [2.24, 2.45) is 0 Å². The lowest BCUT2D eigenvalue weighted by atomic mass is 9.84. The highest BCUT2D eigenvalue weighted by atomic mass is 32.2. The Bertz CT molecular complexity index is 459. The molecule has 0 aliphatic rings. The highest BCUT2D eigenvalue weighted by Gasteiger charge is 2.22. The highest BCUT2D eigenvalue weighted by molar-refractivity contribution is 7.99. The molecule has 0 amide bonds. The van der Waals surface area contributed by atoms with Crippen LogP contribution >= 0.6 is 11.8 Å². The van der Waals surface area contributed by atoms with Gasteiger partial charge in [0.2, 0.25) is 0 Å². The molecule has 3 heteroatoms. The minimum Gasteiger partial charge on any atom is -0.496 e. The van der Waals surface area contributed by atoms with E-state index in [1.807, 2.05) is 19.1 Å². The van der Waals surface area contributed by atoms with Crippen molar-refractivity contribution in [1.82, 2.24) is 0 Å². The van der Waals surface area contributed by atoms with Crippen LogP contribution in [0.1, 0.15) is 49.2 Å². The molecule has 0 saturated heterocycles. The first-order chi connectivity index (χ1) is 8.81. The van der Waals surface area contributed by atoms with Crippen LogP contribution < -0.4 is 4.74 Å². The number of carbonyl (C=O) groups is 1. The Morgan fingerprint density at radius 1 is 1.32 bits per heavy atom. The van der Waals surface area contributed by atoms with Gasteiger partial charge in [-0.05, 0) is 35.8 Å². The molecule has 0 aliphatic heterocycles. The summed E-state index contributed by atoms with van der Waals surface area (Å²) in [5, 5.41) is 0. The van der Waals surface area contributed by atoms with Crippen LogP contribution in [0.3, 0.4) is 0 Å². The van der Waals surface area contributed by atoms with Gasteiger partial charge in [0.1, 0.15) is 5.75 Å². The molecule has 0 N–H and O–H groups in total. The van der Waals surface area contributed by atoms with Crippen LogP contribution in [0.15, 0.2) is 12.1 Å². The molecule has 0 aliphatic carbocycles. The minimum atomic E-state index is -0.0357. The van der Waals surface area contributed by atoms with Crippen molar-refractivity contribution < 1.29 is 9.53 Å². The van der Waals surface area contributed by atoms with Gasteiger partial charge < -0.3 is 4.74 Å². The second-order valence-electron chi connectivity index (χ2n) is 5.68. The number of hydrogen-bond acceptors (Lipinski definition) is 3. The lowest BCUT2D eigenvalue weighted by Crippen LogP contribution is -2.15. The summed E-state index contributed by atoms with van der Waals surface area (Å²) >= 11 is 1.66. The Labute approximate surface area is 120 Å². The zero-order valence-corrected chi connectivity index (χ0v) is 13.6. The minimum absolute atomic E-state index is 0.0357.